The molecule has 3 heterocycles. The second-order valence-corrected chi connectivity index (χ2v) is 9.09. The molecule has 0 aliphatic carbocycles. The van der Waals surface area contributed by atoms with E-state index < -0.39 is 0 Å². The summed E-state index contributed by atoms with van der Waals surface area (Å²) < 4.78 is 0. The van der Waals surface area contributed by atoms with E-state index in [9.17, 15) is 4.79 Å². The van der Waals surface area contributed by atoms with E-state index in [-0.39, 0.29) is 18.0 Å². The van der Waals surface area contributed by atoms with Gasteiger partial charge in [-0.1, -0.05) is 23.2 Å². The van der Waals surface area contributed by atoms with Gasteiger partial charge in [0.15, 0.2) is 0 Å². The third kappa shape index (κ3) is 4.10. The Morgan fingerprint density at radius 1 is 1.27 bits per heavy atom. The fourth-order valence-electron chi connectivity index (χ4n) is 4.34. The Kier molecular flexibility index (Phi) is 5.82. The number of anilines is 1. The molecule has 10 heteroatoms. The van der Waals surface area contributed by atoms with E-state index in [1.165, 1.54) is 6.33 Å². The van der Waals surface area contributed by atoms with Crippen molar-refractivity contribution in [3.05, 3.63) is 58.1 Å². The summed E-state index contributed by atoms with van der Waals surface area (Å²) in [6.07, 6.45) is 3.33. The molecule has 170 valence electrons. The topological polar surface area (TPSA) is 113 Å². The van der Waals surface area contributed by atoms with E-state index in [4.69, 9.17) is 28.9 Å². The molecule has 33 heavy (non-hydrogen) atoms. The van der Waals surface area contributed by atoms with Crippen molar-refractivity contribution in [2.45, 2.75) is 31.8 Å². The molecule has 0 radical (unpaired) electrons. The molecule has 0 spiro atoms. The van der Waals surface area contributed by atoms with Crippen LogP contribution >= 0.6 is 23.2 Å². The molecule has 2 aromatic heterocycles. The van der Waals surface area contributed by atoms with Crippen LogP contribution in [0.4, 0.5) is 5.82 Å². The van der Waals surface area contributed by atoms with Gasteiger partial charge in [0.1, 0.15) is 18.0 Å². The van der Waals surface area contributed by atoms with Gasteiger partial charge in [0.05, 0.1) is 33.2 Å². The first-order valence-electron chi connectivity index (χ1n) is 10.8. The Labute approximate surface area is 200 Å². The number of nitrogens with two attached hydrogens (primary N) is 1. The number of hydrogen-bond donors (Lipinski definition) is 3. The molecule has 0 bridgehead atoms. The molecule has 1 amide bonds. The normalized spacial score (nSPS) is 17.1. The van der Waals surface area contributed by atoms with E-state index in [1.54, 1.807) is 12.1 Å². The maximum Gasteiger partial charge on any atom is 0.255 e. The van der Waals surface area contributed by atoms with Gasteiger partial charge < -0.3 is 20.9 Å². The Bertz CT molecular complexity index is 1360. The van der Waals surface area contributed by atoms with Gasteiger partial charge in [-0.2, -0.15) is 0 Å². The Hall–Kier alpha value is -2.94. The van der Waals surface area contributed by atoms with Crippen molar-refractivity contribution < 1.29 is 4.79 Å². The molecule has 4 N–H and O–H groups in total. The van der Waals surface area contributed by atoms with Gasteiger partial charge >= 0.3 is 0 Å². The quantitative estimate of drug-likeness (QED) is 0.383. The van der Waals surface area contributed by atoms with Crippen molar-refractivity contribution in [3.63, 3.8) is 0 Å². The lowest BCUT2D eigenvalue weighted by Gasteiger charge is -2.24. The number of aromatic nitrogens is 4. The number of carbonyl (C=O) groups is 1. The highest BCUT2D eigenvalue weighted by molar-refractivity contribution is 6.35. The molecule has 0 saturated carbocycles. The number of aromatic amines is 1. The van der Waals surface area contributed by atoms with E-state index in [2.05, 4.69) is 25.3 Å². The number of hydrogen-bond acceptors (Lipinski definition) is 6. The van der Waals surface area contributed by atoms with E-state index in [1.807, 2.05) is 30.0 Å². The van der Waals surface area contributed by atoms with Gasteiger partial charge in [-0.25, -0.2) is 15.0 Å². The predicted molar refractivity (Wildman–Crippen MR) is 131 cm³/mol. The molecule has 1 fully saturated rings. The van der Waals surface area contributed by atoms with Crippen LogP contribution in [0.1, 0.15) is 42.0 Å². The highest BCUT2D eigenvalue weighted by Gasteiger charge is 2.30. The minimum atomic E-state index is -0.177. The van der Waals surface area contributed by atoms with Gasteiger partial charge in [-0.05, 0) is 50.1 Å². The second-order valence-electron chi connectivity index (χ2n) is 8.25. The van der Waals surface area contributed by atoms with Crippen LogP contribution in [-0.4, -0.2) is 49.9 Å². The minimum Gasteiger partial charge on any atom is -0.360 e. The zero-order chi connectivity index (χ0) is 23.1. The average molecular weight is 484 g/mol. The number of nitrogens with one attached hydrogen (secondary N) is 2. The summed E-state index contributed by atoms with van der Waals surface area (Å²) in [5.41, 5.74) is 8.60. The van der Waals surface area contributed by atoms with Crippen molar-refractivity contribution in [3.8, 4) is 0 Å². The lowest BCUT2D eigenvalue weighted by atomic mass is 10.1. The lowest BCUT2D eigenvalue weighted by Crippen LogP contribution is -2.40. The van der Waals surface area contributed by atoms with Crippen molar-refractivity contribution in [2.75, 3.05) is 18.4 Å². The summed E-state index contributed by atoms with van der Waals surface area (Å²) in [6.45, 7) is 3.11. The molecule has 2 atom stereocenters. The molecular weight excluding hydrogens is 461 g/mol. The number of halogens is 2. The van der Waals surface area contributed by atoms with Crippen LogP contribution in [0.25, 0.3) is 21.9 Å². The number of carbonyl (C=O) groups excluding carboxylic acids is 1. The summed E-state index contributed by atoms with van der Waals surface area (Å²) in [4.78, 5) is 31.7. The summed E-state index contributed by atoms with van der Waals surface area (Å²) >= 11 is 12.6. The Morgan fingerprint density at radius 3 is 2.94 bits per heavy atom. The average Bonchev–Trinajstić information content (AvgIpc) is 3.45. The van der Waals surface area contributed by atoms with Gasteiger partial charge in [0.25, 0.3) is 5.91 Å². The van der Waals surface area contributed by atoms with Crippen molar-refractivity contribution >= 4 is 56.9 Å². The Balaban J connectivity index is 1.45. The molecule has 1 saturated heterocycles. The van der Waals surface area contributed by atoms with Gasteiger partial charge in [-0.15, -0.1) is 0 Å². The van der Waals surface area contributed by atoms with Crippen molar-refractivity contribution in [1.29, 1.82) is 0 Å². The van der Waals surface area contributed by atoms with Crippen LogP contribution in [-0.2, 0) is 0 Å². The van der Waals surface area contributed by atoms with E-state index in [0.717, 1.165) is 35.1 Å². The lowest BCUT2D eigenvalue weighted by molar-refractivity contribution is 0.0741. The molecule has 8 nitrogen and oxygen atoms in total. The van der Waals surface area contributed by atoms with Crippen LogP contribution in [0, 0.1) is 0 Å². The first-order valence-corrected chi connectivity index (χ1v) is 11.6. The fraction of sp³-hybridized carbons (Fsp3) is 0.304. The van der Waals surface area contributed by atoms with Crippen LogP contribution in [0.5, 0.6) is 0 Å². The van der Waals surface area contributed by atoms with Crippen LogP contribution in [0.3, 0.4) is 0 Å². The van der Waals surface area contributed by atoms with Crippen LogP contribution in [0.15, 0.2) is 36.7 Å². The minimum absolute atomic E-state index is 0.0476. The number of amides is 1. The predicted octanol–water partition coefficient (Wildman–Crippen LogP) is 4.55. The molecular formula is C23H23Cl2N7O. The zero-order valence-corrected chi connectivity index (χ0v) is 19.5. The molecule has 2 aromatic carbocycles. The molecule has 1 aliphatic rings. The third-order valence-corrected chi connectivity index (χ3v) is 6.64. The number of nitrogens with zero attached hydrogens (tertiary/aromatic N) is 4. The number of rotatable bonds is 5. The number of fused-ring (bicyclic) bond motifs is 2. The first kappa shape index (κ1) is 21.9. The standard InChI is InChI=1S/C23H23Cl2N7O/c1-12(21-30-18-5-4-13(24)7-20(18)31-21)29-22-16-8-17(25)15(9-19(16)27-11-28-22)23(33)32-6-2-3-14(32)10-26/h4-5,7-9,11-12,14H,2-3,6,10,26H2,1H3,(H,30,31)(H,27,28,29)/t12-,14+/m0/s1. The maximum absolute atomic E-state index is 13.1. The summed E-state index contributed by atoms with van der Waals surface area (Å²) in [7, 11) is 0. The van der Waals surface area contributed by atoms with Gasteiger partial charge in [-0.3, -0.25) is 4.79 Å². The summed E-state index contributed by atoms with van der Waals surface area (Å²) in [5.74, 6) is 1.24. The van der Waals surface area contributed by atoms with Gasteiger partial charge in [0, 0.05) is 29.5 Å². The highest BCUT2D eigenvalue weighted by atomic mass is 35.5. The van der Waals surface area contributed by atoms with Crippen LogP contribution < -0.4 is 11.1 Å². The van der Waals surface area contributed by atoms with Crippen molar-refractivity contribution in [2.24, 2.45) is 5.73 Å². The fourth-order valence-corrected chi connectivity index (χ4v) is 4.75. The second kappa shape index (κ2) is 8.78. The SMILES string of the molecule is C[C@H](Nc1ncnc2cc(C(=O)N3CCC[C@@H]3CN)c(Cl)cc12)c1nc2cc(Cl)ccc2[nH]1. The number of benzene rings is 2. The zero-order valence-electron chi connectivity index (χ0n) is 18.0. The summed E-state index contributed by atoms with van der Waals surface area (Å²) in [6, 6.07) is 8.88. The van der Waals surface area contributed by atoms with Crippen LogP contribution in [0.2, 0.25) is 10.0 Å². The number of H-pyrrole nitrogens is 1. The molecule has 1 aliphatic heterocycles. The molecule has 4 aromatic rings. The molecule has 0 unspecified atom stereocenters. The maximum atomic E-state index is 13.1. The molecule has 5 rings (SSSR count). The Morgan fingerprint density at radius 2 is 2.12 bits per heavy atom. The largest absolute Gasteiger partial charge is 0.360 e. The smallest absolute Gasteiger partial charge is 0.255 e. The number of likely N-dealkylation sites (tertiary alicyclic amines) is 1. The third-order valence-electron chi connectivity index (χ3n) is 6.09. The number of imidazole rings is 1. The van der Waals surface area contributed by atoms with E-state index in [0.29, 0.717) is 40.0 Å². The van der Waals surface area contributed by atoms with Crippen molar-refractivity contribution in [1.82, 2.24) is 24.8 Å². The van der Waals surface area contributed by atoms with E-state index >= 15 is 0 Å². The highest BCUT2D eigenvalue weighted by Crippen LogP contribution is 2.31. The monoisotopic (exact) mass is 483 g/mol. The van der Waals surface area contributed by atoms with Gasteiger partial charge in [0.2, 0.25) is 0 Å². The first-order chi connectivity index (χ1) is 15.9. The summed E-state index contributed by atoms with van der Waals surface area (Å²) in [5, 5.41) is 5.09.